The van der Waals surface area contributed by atoms with Crippen LogP contribution in [-0.2, 0) is 21.2 Å². The minimum absolute atomic E-state index is 0.0432. The number of esters is 1. The summed E-state index contributed by atoms with van der Waals surface area (Å²) in [5.41, 5.74) is 0.965. The molecule has 0 saturated carbocycles. The van der Waals surface area contributed by atoms with E-state index >= 15 is 0 Å². The van der Waals surface area contributed by atoms with E-state index in [1.54, 1.807) is 32.9 Å². The van der Waals surface area contributed by atoms with Gasteiger partial charge in [-0.3, -0.25) is 4.79 Å². The van der Waals surface area contributed by atoms with Crippen molar-refractivity contribution in [2.75, 3.05) is 6.61 Å². The lowest BCUT2D eigenvalue weighted by Gasteiger charge is -2.20. The molecule has 6 nitrogen and oxygen atoms in total. The van der Waals surface area contributed by atoms with Gasteiger partial charge in [0.25, 0.3) is 0 Å². The Bertz CT molecular complexity index is 957. The third-order valence-electron chi connectivity index (χ3n) is 3.84. The van der Waals surface area contributed by atoms with Crippen LogP contribution in [-0.4, -0.2) is 32.3 Å². The molecule has 28 heavy (non-hydrogen) atoms. The van der Waals surface area contributed by atoms with Gasteiger partial charge in [-0.15, -0.1) is 0 Å². The largest absolute Gasteiger partial charge is 0.454 e. The molecule has 0 aliphatic rings. The maximum atomic E-state index is 12.4. The van der Waals surface area contributed by atoms with E-state index in [2.05, 4.69) is 4.72 Å². The van der Waals surface area contributed by atoms with Gasteiger partial charge in [-0.05, 0) is 51.0 Å². The Labute approximate surface area is 166 Å². The molecule has 2 aromatic rings. The van der Waals surface area contributed by atoms with Crippen molar-refractivity contribution < 1.29 is 22.7 Å². The summed E-state index contributed by atoms with van der Waals surface area (Å²) >= 11 is 0. The molecule has 0 bridgehead atoms. The Hall–Kier alpha value is -2.51. The second kappa shape index (κ2) is 8.67. The monoisotopic (exact) mass is 403 g/mol. The van der Waals surface area contributed by atoms with Crippen LogP contribution in [0.15, 0.2) is 53.4 Å². The molecule has 1 N–H and O–H groups in total. The average molecular weight is 404 g/mol. The number of ether oxygens (including phenoxy) is 1. The molecule has 2 aromatic carbocycles. The fraction of sp³-hybridized carbons (Fsp3) is 0.333. The number of ketones is 1. The van der Waals surface area contributed by atoms with Gasteiger partial charge in [0.1, 0.15) is 0 Å². The third-order valence-corrected chi connectivity index (χ3v) is 5.59. The number of nitrogens with one attached hydrogen (secondary N) is 1. The molecule has 0 heterocycles. The highest BCUT2D eigenvalue weighted by Crippen LogP contribution is 2.15. The lowest BCUT2D eigenvalue weighted by Crippen LogP contribution is -2.40. The first-order chi connectivity index (χ1) is 13.0. The van der Waals surface area contributed by atoms with Crippen molar-refractivity contribution in [3.8, 4) is 0 Å². The zero-order chi connectivity index (χ0) is 20.9. The first-order valence-corrected chi connectivity index (χ1v) is 10.4. The van der Waals surface area contributed by atoms with Crippen molar-refractivity contribution in [3.05, 3.63) is 65.2 Å². The Morgan fingerprint density at radius 3 is 2.21 bits per heavy atom. The summed E-state index contributed by atoms with van der Waals surface area (Å²) < 4.78 is 32.4. The number of carbonyl (C=O) groups is 2. The van der Waals surface area contributed by atoms with Crippen LogP contribution in [0.4, 0.5) is 0 Å². The van der Waals surface area contributed by atoms with Gasteiger partial charge in [0.2, 0.25) is 10.0 Å². The summed E-state index contributed by atoms with van der Waals surface area (Å²) in [4.78, 5) is 24.4. The Morgan fingerprint density at radius 1 is 1.00 bits per heavy atom. The molecule has 2 rings (SSSR count). The third kappa shape index (κ3) is 6.00. The van der Waals surface area contributed by atoms with Crippen LogP contribution in [0, 0.1) is 0 Å². The van der Waals surface area contributed by atoms with E-state index in [1.807, 2.05) is 19.1 Å². The van der Waals surface area contributed by atoms with Crippen LogP contribution < -0.4 is 4.72 Å². The molecule has 0 aromatic heterocycles. The smallest absolute Gasteiger partial charge is 0.338 e. The molecule has 7 heteroatoms. The standard InChI is InChI=1S/C21H25NO5S/c1-5-15-9-11-16(12-10-15)19(23)14-27-20(24)17-7-6-8-18(13-17)28(25,26)22-21(2,3)4/h6-13,22H,5,14H2,1-4H3. The minimum atomic E-state index is -3.78. The normalized spacial score (nSPS) is 11.9. The highest BCUT2D eigenvalue weighted by Gasteiger charge is 2.23. The van der Waals surface area contributed by atoms with Crippen LogP contribution in [0.3, 0.4) is 0 Å². The van der Waals surface area contributed by atoms with Crippen LogP contribution in [0.25, 0.3) is 0 Å². The van der Waals surface area contributed by atoms with E-state index in [0.29, 0.717) is 5.56 Å². The number of sulfonamides is 1. The van der Waals surface area contributed by atoms with Crippen molar-refractivity contribution in [1.29, 1.82) is 0 Å². The van der Waals surface area contributed by atoms with Gasteiger partial charge in [0, 0.05) is 11.1 Å². The fourth-order valence-corrected chi connectivity index (χ4v) is 3.94. The van der Waals surface area contributed by atoms with Crippen LogP contribution in [0.5, 0.6) is 0 Å². The Balaban J connectivity index is 2.07. The van der Waals surface area contributed by atoms with E-state index in [1.165, 1.54) is 24.3 Å². The molecule has 0 aliphatic carbocycles. The van der Waals surface area contributed by atoms with Gasteiger partial charge < -0.3 is 4.74 Å². The molecule has 0 radical (unpaired) electrons. The second-order valence-corrected chi connectivity index (χ2v) is 9.12. The van der Waals surface area contributed by atoms with Crippen molar-refractivity contribution in [2.45, 2.75) is 44.6 Å². The molecular weight excluding hydrogens is 378 g/mol. The summed E-state index contributed by atoms with van der Waals surface area (Å²) in [5, 5.41) is 0. The number of benzene rings is 2. The predicted octanol–water partition coefficient (Wildman–Crippen LogP) is 3.37. The second-order valence-electron chi connectivity index (χ2n) is 7.43. The van der Waals surface area contributed by atoms with E-state index in [0.717, 1.165) is 12.0 Å². The van der Waals surface area contributed by atoms with Gasteiger partial charge >= 0.3 is 5.97 Å². The predicted molar refractivity (Wildman–Crippen MR) is 107 cm³/mol. The first kappa shape index (κ1) is 21.8. The summed E-state index contributed by atoms with van der Waals surface area (Å²) in [7, 11) is -3.78. The average Bonchev–Trinajstić information content (AvgIpc) is 2.64. The number of hydrogen-bond donors (Lipinski definition) is 1. The van der Waals surface area contributed by atoms with E-state index < -0.39 is 28.1 Å². The molecule has 0 spiro atoms. The van der Waals surface area contributed by atoms with Crippen molar-refractivity contribution in [3.63, 3.8) is 0 Å². The highest BCUT2D eigenvalue weighted by molar-refractivity contribution is 7.89. The quantitative estimate of drug-likeness (QED) is 0.565. The fourth-order valence-electron chi connectivity index (χ4n) is 2.48. The summed E-state index contributed by atoms with van der Waals surface area (Å²) in [6, 6.07) is 12.6. The molecule has 0 amide bonds. The van der Waals surface area contributed by atoms with E-state index in [4.69, 9.17) is 4.74 Å². The Kier molecular flexibility index (Phi) is 6.74. The van der Waals surface area contributed by atoms with E-state index in [9.17, 15) is 18.0 Å². The number of hydrogen-bond acceptors (Lipinski definition) is 5. The van der Waals surface area contributed by atoms with Gasteiger partial charge in [-0.25, -0.2) is 17.9 Å². The maximum absolute atomic E-state index is 12.4. The summed E-state index contributed by atoms with van der Waals surface area (Å²) in [5.74, 6) is -1.08. The minimum Gasteiger partial charge on any atom is -0.454 e. The molecule has 0 saturated heterocycles. The lowest BCUT2D eigenvalue weighted by atomic mass is 10.1. The van der Waals surface area contributed by atoms with Gasteiger partial charge in [-0.1, -0.05) is 37.3 Å². The van der Waals surface area contributed by atoms with Crippen molar-refractivity contribution >= 4 is 21.8 Å². The molecule has 150 valence electrons. The summed E-state index contributed by atoms with van der Waals surface area (Å²) in [6.45, 7) is 6.77. The van der Waals surface area contributed by atoms with Crippen LogP contribution >= 0.6 is 0 Å². The summed E-state index contributed by atoms with van der Waals surface area (Å²) in [6.07, 6.45) is 0.868. The first-order valence-electron chi connectivity index (χ1n) is 8.95. The molecular formula is C21H25NO5S. The highest BCUT2D eigenvalue weighted by atomic mass is 32.2. The number of Topliss-reactive ketones (excluding diaryl/α,β-unsaturated/α-hetero) is 1. The Morgan fingerprint density at radius 2 is 1.64 bits per heavy atom. The lowest BCUT2D eigenvalue weighted by molar-refractivity contribution is 0.0474. The van der Waals surface area contributed by atoms with Gasteiger partial charge in [0.05, 0.1) is 10.5 Å². The zero-order valence-corrected chi connectivity index (χ0v) is 17.3. The molecule has 0 unspecified atom stereocenters. The SMILES string of the molecule is CCc1ccc(C(=O)COC(=O)c2cccc(S(=O)(=O)NC(C)(C)C)c2)cc1. The van der Waals surface area contributed by atoms with E-state index in [-0.39, 0.29) is 16.2 Å². The zero-order valence-electron chi connectivity index (χ0n) is 16.5. The maximum Gasteiger partial charge on any atom is 0.338 e. The number of aryl methyl sites for hydroxylation is 1. The molecule has 0 fully saturated rings. The molecule has 0 aliphatic heterocycles. The van der Waals surface area contributed by atoms with Gasteiger partial charge in [0.15, 0.2) is 12.4 Å². The van der Waals surface area contributed by atoms with Crippen LogP contribution in [0.2, 0.25) is 0 Å². The van der Waals surface area contributed by atoms with Gasteiger partial charge in [-0.2, -0.15) is 0 Å². The number of carbonyl (C=O) groups excluding carboxylic acids is 2. The topological polar surface area (TPSA) is 89.5 Å². The van der Waals surface area contributed by atoms with Crippen molar-refractivity contribution in [1.82, 2.24) is 4.72 Å². The van der Waals surface area contributed by atoms with Crippen molar-refractivity contribution in [2.24, 2.45) is 0 Å². The number of rotatable bonds is 7. The molecule has 0 atom stereocenters. The van der Waals surface area contributed by atoms with Crippen LogP contribution in [0.1, 0.15) is 54.0 Å².